The smallest absolute Gasteiger partial charge is 0.431 e. The highest BCUT2D eigenvalue weighted by Gasteiger charge is 2.13. The molecule has 7 heteroatoms. The van der Waals surface area contributed by atoms with Gasteiger partial charge in [-0.2, -0.15) is 0 Å². The highest BCUT2D eigenvalue weighted by Crippen LogP contribution is 1.99. The highest BCUT2D eigenvalue weighted by molar-refractivity contribution is 6.18. The van der Waals surface area contributed by atoms with Crippen molar-refractivity contribution in [2.45, 2.75) is 12.2 Å². The Bertz CT molecular complexity index is 165. The minimum Gasteiger partial charge on any atom is -0.431 e. The Morgan fingerprint density at radius 2 is 1.38 bits per heavy atom. The van der Waals surface area contributed by atoms with E-state index < -0.39 is 6.16 Å². The molecule has 0 rings (SSSR count). The summed E-state index contributed by atoms with van der Waals surface area (Å²) in [6.07, 6.45) is -1.46. The van der Waals surface area contributed by atoms with Gasteiger partial charge in [0, 0.05) is 14.2 Å². The van der Waals surface area contributed by atoms with Crippen LogP contribution >= 0.6 is 23.2 Å². The summed E-state index contributed by atoms with van der Waals surface area (Å²) in [5, 5.41) is 0. The number of carbonyl (C=O) groups excluding carboxylic acids is 1. The van der Waals surface area contributed by atoms with E-state index in [-0.39, 0.29) is 37.2 Å². The van der Waals surface area contributed by atoms with Crippen molar-refractivity contribution in [2.75, 3.05) is 39.2 Å². The number of halogens is 2. The lowest BCUT2D eigenvalue weighted by Crippen LogP contribution is -2.26. The van der Waals surface area contributed by atoms with Gasteiger partial charge in [-0.1, -0.05) is 0 Å². The van der Waals surface area contributed by atoms with Gasteiger partial charge in [0.2, 0.25) is 0 Å². The van der Waals surface area contributed by atoms with Crippen molar-refractivity contribution in [3.8, 4) is 0 Å². The third kappa shape index (κ3) is 7.11. The number of ether oxygens (including phenoxy) is 4. The second-order valence-corrected chi connectivity index (χ2v) is 3.51. The summed E-state index contributed by atoms with van der Waals surface area (Å²) in [6.45, 7) is 0.106. The van der Waals surface area contributed by atoms with E-state index in [9.17, 15) is 4.79 Å². The maximum absolute atomic E-state index is 11.1. The third-order valence-corrected chi connectivity index (χ3v) is 2.47. The molecule has 96 valence electrons. The second kappa shape index (κ2) is 9.96. The first-order valence-corrected chi connectivity index (χ1v) is 5.71. The summed E-state index contributed by atoms with van der Waals surface area (Å²) in [5.41, 5.74) is 0. The Hall–Kier alpha value is -0.230. The molecule has 0 saturated heterocycles. The predicted octanol–water partition coefficient (Wildman–Crippen LogP) is 1.65. The SMILES string of the molecule is COC(CCl)COC(=O)OCC(CCl)OC. The lowest BCUT2D eigenvalue weighted by molar-refractivity contribution is -0.0113. The molecule has 0 radical (unpaired) electrons. The summed E-state index contributed by atoms with van der Waals surface area (Å²) in [4.78, 5) is 11.1. The van der Waals surface area contributed by atoms with Crippen LogP contribution in [0.3, 0.4) is 0 Å². The molecule has 0 fully saturated rings. The van der Waals surface area contributed by atoms with Gasteiger partial charge in [0.15, 0.2) is 0 Å². The van der Waals surface area contributed by atoms with Gasteiger partial charge in [-0.05, 0) is 0 Å². The topological polar surface area (TPSA) is 54.0 Å². The van der Waals surface area contributed by atoms with E-state index >= 15 is 0 Å². The van der Waals surface area contributed by atoms with Crippen LogP contribution in [-0.4, -0.2) is 57.6 Å². The second-order valence-electron chi connectivity index (χ2n) is 2.90. The van der Waals surface area contributed by atoms with Crippen molar-refractivity contribution in [3.63, 3.8) is 0 Å². The average molecular weight is 275 g/mol. The van der Waals surface area contributed by atoms with Crippen LogP contribution in [-0.2, 0) is 18.9 Å². The molecule has 0 bridgehead atoms. The molecule has 5 nitrogen and oxygen atoms in total. The summed E-state index contributed by atoms with van der Waals surface area (Å²) in [7, 11) is 2.96. The molecule has 0 saturated carbocycles. The number of rotatable bonds is 8. The van der Waals surface area contributed by atoms with Crippen molar-refractivity contribution < 1.29 is 23.7 Å². The third-order valence-electron chi connectivity index (χ3n) is 1.79. The molecule has 0 aliphatic carbocycles. The lowest BCUT2D eigenvalue weighted by atomic mass is 10.4. The summed E-state index contributed by atoms with van der Waals surface area (Å²) in [5.74, 6) is 0.484. The molecule has 0 N–H and O–H groups in total. The maximum Gasteiger partial charge on any atom is 0.508 e. The molecule has 2 unspecified atom stereocenters. The summed E-state index contributed by atoms with van der Waals surface area (Å²) in [6, 6.07) is 0. The van der Waals surface area contributed by atoms with Crippen LogP contribution in [0.5, 0.6) is 0 Å². The normalized spacial score (nSPS) is 14.2. The quantitative estimate of drug-likeness (QED) is 0.498. The molecular formula is C9H16Cl2O5. The van der Waals surface area contributed by atoms with E-state index in [2.05, 4.69) is 0 Å². The minimum atomic E-state index is -0.792. The Kier molecular flexibility index (Phi) is 9.82. The van der Waals surface area contributed by atoms with Gasteiger partial charge in [0.25, 0.3) is 0 Å². The Morgan fingerprint density at radius 1 is 1.00 bits per heavy atom. The van der Waals surface area contributed by atoms with Crippen LogP contribution in [0.2, 0.25) is 0 Å². The van der Waals surface area contributed by atoms with Crippen LogP contribution in [0.25, 0.3) is 0 Å². The molecule has 2 atom stereocenters. The van der Waals surface area contributed by atoms with Crippen molar-refractivity contribution in [1.29, 1.82) is 0 Å². The fraction of sp³-hybridized carbons (Fsp3) is 0.889. The van der Waals surface area contributed by atoms with E-state index in [1.54, 1.807) is 0 Å². The largest absolute Gasteiger partial charge is 0.508 e. The Morgan fingerprint density at radius 3 is 1.62 bits per heavy atom. The minimum absolute atomic E-state index is 0.0529. The van der Waals surface area contributed by atoms with E-state index in [0.29, 0.717) is 0 Å². The van der Waals surface area contributed by atoms with Gasteiger partial charge >= 0.3 is 6.16 Å². The van der Waals surface area contributed by atoms with Gasteiger partial charge in [-0.15, -0.1) is 23.2 Å². The first-order valence-electron chi connectivity index (χ1n) is 4.65. The van der Waals surface area contributed by atoms with E-state index in [0.717, 1.165) is 0 Å². The van der Waals surface area contributed by atoms with Crippen LogP contribution in [0.1, 0.15) is 0 Å². The summed E-state index contributed by atoms with van der Waals surface area (Å²) >= 11 is 11.1. The zero-order chi connectivity index (χ0) is 12.4. The molecule has 0 aromatic heterocycles. The standard InChI is InChI=1S/C9H16Cl2O5/c1-13-7(3-10)5-15-9(12)16-6-8(4-11)14-2/h7-8H,3-6H2,1-2H3. The molecule has 0 aromatic carbocycles. The molecule has 0 amide bonds. The number of alkyl halides is 2. The average Bonchev–Trinajstić information content (AvgIpc) is 2.31. The number of hydrogen-bond donors (Lipinski definition) is 0. The summed E-state index contributed by atoms with van der Waals surface area (Å²) < 4.78 is 19.3. The first kappa shape index (κ1) is 15.8. The molecule has 0 aliphatic heterocycles. The van der Waals surface area contributed by atoms with E-state index in [1.165, 1.54) is 14.2 Å². The van der Waals surface area contributed by atoms with Gasteiger partial charge in [-0.3, -0.25) is 0 Å². The van der Waals surface area contributed by atoms with Gasteiger partial charge in [0.05, 0.1) is 11.8 Å². The monoisotopic (exact) mass is 274 g/mol. The fourth-order valence-electron chi connectivity index (χ4n) is 0.715. The highest BCUT2D eigenvalue weighted by atomic mass is 35.5. The zero-order valence-corrected chi connectivity index (χ0v) is 10.8. The van der Waals surface area contributed by atoms with Crippen molar-refractivity contribution in [3.05, 3.63) is 0 Å². The molecule has 0 aromatic rings. The van der Waals surface area contributed by atoms with E-state index in [4.69, 9.17) is 42.1 Å². The lowest BCUT2D eigenvalue weighted by Gasteiger charge is -2.14. The van der Waals surface area contributed by atoms with Crippen LogP contribution in [0, 0.1) is 0 Å². The molecule has 0 spiro atoms. The predicted molar refractivity (Wildman–Crippen MR) is 60.3 cm³/mol. The van der Waals surface area contributed by atoms with Gasteiger partial charge in [-0.25, -0.2) is 4.79 Å². The van der Waals surface area contributed by atoms with Crippen LogP contribution in [0.4, 0.5) is 4.79 Å². The van der Waals surface area contributed by atoms with Crippen LogP contribution in [0.15, 0.2) is 0 Å². The van der Waals surface area contributed by atoms with Crippen molar-refractivity contribution >= 4 is 29.4 Å². The fourth-order valence-corrected chi connectivity index (χ4v) is 1.14. The first-order chi connectivity index (χ1) is 7.67. The van der Waals surface area contributed by atoms with Crippen LogP contribution < -0.4 is 0 Å². The molecule has 0 heterocycles. The zero-order valence-electron chi connectivity index (χ0n) is 9.28. The van der Waals surface area contributed by atoms with Gasteiger partial charge < -0.3 is 18.9 Å². The number of methoxy groups -OCH3 is 2. The Labute approximate surface area is 105 Å². The molecule has 16 heavy (non-hydrogen) atoms. The molecular weight excluding hydrogens is 259 g/mol. The molecule has 0 aliphatic rings. The Balaban J connectivity index is 3.65. The number of hydrogen-bond acceptors (Lipinski definition) is 5. The van der Waals surface area contributed by atoms with Crippen molar-refractivity contribution in [2.24, 2.45) is 0 Å². The maximum atomic E-state index is 11.1. The van der Waals surface area contributed by atoms with E-state index in [1.807, 2.05) is 0 Å². The van der Waals surface area contributed by atoms with Gasteiger partial charge in [0.1, 0.15) is 25.4 Å². The van der Waals surface area contributed by atoms with Crippen molar-refractivity contribution in [1.82, 2.24) is 0 Å². The number of carbonyl (C=O) groups is 1.